The second kappa shape index (κ2) is 11.5. The van der Waals surface area contributed by atoms with Crippen LogP contribution in [0.1, 0.15) is 61.3 Å². The largest absolute Gasteiger partial charge is 0.351 e. The second-order valence-corrected chi connectivity index (χ2v) is 8.93. The Morgan fingerprint density at radius 1 is 1.03 bits per heavy atom. The SMILES string of the molecule is Cc1ccc([C@H](C(=O)NC2CCCCCC2)N(Cc2ccccc2Cl)C(=O)CCl)cc1. The Morgan fingerprint density at radius 2 is 1.68 bits per heavy atom. The number of benzene rings is 2. The van der Waals surface area contributed by atoms with Gasteiger partial charge < -0.3 is 10.2 Å². The van der Waals surface area contributed by atoms with Gasteiger partial charge in [-0.15, -0.1) is 11.6 Å². The number of aryl methyl sites for hydroxylation is 1. The zero-order valence-corrected chi connectivity index (χ0v) is 19.5. The molecule has 1 aliphatic carbocycles. The van der Waals surface area contributed by atoms with Gasteiger partial charge in [0.25, 0.3) is 0 Å². The summed E-state index contributed by atoms with van der Waals surface area (Å²) < 4.78 is 0. The maximum Gasteiger partial charge on any atom is 0.247 e. The maximum atomic E-state index is 13.6. The lowest BCUT2D eigenvalue weighted by molar-refractivity contribution is -0.140. The van der Waals surface area contributed by atoms with Crippen LogP contribution in [0.3, 0.4) is 0 Å². The fourth-order valence-electron chi connectivity index (χ4n) is 4.14. The van der Waals surface area contributed by atoms with Crippen LogP contribution in [0, 0.1) is 6.92 Å². The van der Waals surface area contributed by atoms with Crippen LogP contribution in [0.5, 0.6) is 0 Å². The van der Waals surface area contributed by atoms with Gasteiger partial charge in [-0.05, 0) is 37.0 Å². The Hall–Kier alpha value is -2.04. The van der Waals surface area contributed by atoms with E-state index >= 15 is 0 Å². The highest BCUT2D eigenvalue weighted by Crippen LogP contribution is 2.28. The lowest BCUT2D eigenvalue weighted by atomic mass is 10.0. The number of hydrogen-bond acceptors (Lipinski definition) is 2. The predicted molar refractivity (Wildman–Crippen MR) is 126 cm³/mol. The fourth-order valence-corrected chi connectivity index (χ4v) is 4.48. The summed E-state index contributed by atoms with van der Waals surface area (Å²) >= 11 is 12.3. The van der Waals surface area contributed by atoms with Crippen molar-refractivity contribution >= 4 is 35.0 Å². The Labute approximate surface area is 194 Å². The first-order valence-electron chi connectivity index (χ1n) is 11.0. The molecule has 0 unspecified atom stereocenters. The highest BCUT2D eigenvalue weighted by Gasteiger charge is 2.32. The number of carbonyl (C=O) groups is 2. The van der Waals surface area contributed by atoms with Gasteiger partial charge in [0.1, 0.15) is 11.9 Å². The zero-order valence-electron chi connectivity index (χ0n) is 17.9. The van der Waals surface area contributed by atoms with E-state index in [0.29, 0.717) is 5.02 Å². The Balaban J connectivity index is 1.94. The van der Waals surface area contributed by atoms with Crippen LogP contribution < -0.4 is 5.32 Å². The van der Waals surface area contributed by atoms with Crippen LogP contribution in [0.15, 0.2) is 48.5 Å². The molecule has 6 heteroatoms. The molecule has 0 spiro atoms. The van der Waals surface area contributed by atoms with E-state index in [0.717, 1.165) is 42.4 Å². The van der Waals surface area contributed by atoms with Gasteiger partial charge in [-0.3, -0.25) is 9.59 Å². The van der Waals surface area contributed by atoms with Crippen LogP contribution in [0.25, 0.3) is 0 Å². The number of alkyl halides is 1. The molecule has 1 saturated carbocycles. The smallest absolute Gasteiger partial charge is 0.247 e. The molecule has 0 saturated heterocycles. The first kappa shape index (κ1) is 23.6. The second-order valence-electron chi connectivity index (χ2n) is 8.26. The molecule has 2 amide bonds. The van der Waals surface area contributed by atoms with E-state index in [-0.39, 0.29) is 30.3 Å². The number of halogens is 2. The average Bonchev–Trinajstić information content (AvgIpc) is 3.04. The monoisotopic (exact) mass is 460 g/mol. The molecule has 0 radical (unpaired) electrons. The van der Waals surface area contributed by atoms with Crippen LogP contribution in [-0.4, -0.2) is 28.6 Å². The molecule has 0 heterocycles. The van der Waals surface area contributed by atoms with E-state index in [4.69, 9.17) is 23.2 Å². The van der Waals surface area contributed by atoms with E-state index < -0.39 is 6.04 Å². The molecule has 1 aliphatic rings. The molecule has 3 rings (SSSR count). The van der Waals surface area contributed by atoms with Gasteiger partial charge in [-0.1, -0.05) is 85.3 Å². The molecule has 2 aromatic rings. The highest BCUT2D eigenvalue weighted by atomic mass is 35.5. The van der Waals surface area contributed by atoms with Crippen molar-refractivity contribution in [2.45, 2.75) is 64.1 Å². The van der Waals surface area contributed by atoms with Crippen LogP contribution >= 0.6 is 23.2 Å². The highest BCUT2D eigenvalue weighted by molar-refractivity contribution is 6.31. The fraction of sp³-hybridized carbons (Fsp3) is 0.440. The van der Waals surface area contributed by atoms with Crippen LogP contribution in [-0.2, 0) is 16.1 Å². The topological polar surface area (TPSA) is 49.4 Å². The van der Waals surface area contributed by atoms with Crippen molar-refractivity contribution in [2.75, 3.05) is 5.88 Å². The lowest BCUT2D eigenvalue weighted by Gasteiger charge is -2.32. The lowest BCUT2D eigenvalue weighted by Crippen LogP contribution is -2.46. The molecule has 0 bridgehead atoms. The summed E-state index contributed by atoms with van der Waals surface area (Å²) in [5.41, 5.74) is 2.64. The van der Waals surface area contributed by atoms with E-state index in [2.05, 4.69) is 5.32 Å². The number of carbonyl (C=O) groups excluding carboxylic acids is 2. The van der Waals surface area contributed by atoms with Crippen molar-refractivity contribution in [3.63, 3.8) is 0 Å². The first-order chi connectivity index (χ1) is 15.0. The molecule has 4 nitrogen and oxygen atoms in total. The molecular weight excluding hydrogens is 431 g/mol. The summed E-state index contributed by atoms with van der Waals surface area (Å²) in [4.78, 5) is 28.0. The van der Waals surface area contributed by atoms with Crippen molar-refractivity contribution in [3.05, 3.63) is 70.2 Å². The zero-order chi connectivity index (χ0) is 22.2. The standard InChI is InChI=1S/C25H30Cl2N2O2/c1-18-12-14-19(15-13-18)24(25(31)28-21-9-4-2-3-5-10-21)29(23(30)16-26)17-20-8-6-7-11-22(20)27/h6-8,11-15,21,24H,2-5,9-10,16-17H2,1H3,(H,28,31)/t24-/m1/s1. The normalized spacial score (nSPS) is 15.7. The number of rotatable bonds is 7. The van der Waals surface area contributed by atoms with Crippen molar-refractivity contribution in [1.82, 2.24) is 10.2 Å². The van der Waals surface area contributed by atoms with E-state index in [1.54, 1.807) is 11.0 Å². The average molecular weight is 461 g/mol. The van der Waals surface area contributed by atoms with Crippen LogP contribution in [0.2, 0.25) is 5.02 Å². The summed E-state index contributed by atoms with van der Waals surface area (Å²) in [7, 11) is 0. The molecule has 0 aliphatic heterocycles. The molecule has 166 valence electrons. The summed E-state index contributed by atoms with van der Waals surface area (Å²) in [6, 6.07) is 14.5. The molecule has 1 N–H and O–H groups in total. The van der Waals surface area contributed by atoms with Crippen LogP contribution in [0.4, 0.5) is 0 Å². The number of nitrogens with one attached hydrogen (secondary N) is 1. The first-order valence-corrected chi connectivity index (χ1v) is 11.9. The van der Waals surface area contributed by atoms with Gasteiger partial charge in [-0.25, -0.2) is 0 Å². The van der Waals surface area contributed by atoms with Gasteiger partial charge in [-0.2, -0.15) is 0 Å². The summed E-state index contributed by atoms with van der Waals surface area (Å²) in [5.74, 6) is -0.673. The molecule has 1 atom stereocenters. The van der Waals surface area contributed by atoms with E-state index in [1.165, 1.54) is 12.8 Å². The number of nitrogens with zero attached hydrogens (tertiary/aromatic N) is 1. The molecule has 31 heavy (non-hydrogen) atoms. The van der Waals surface area contributed by atoms with E-state index in [1.807, 2.05) is 49.4 Å². The molecule has 1 fully saturated rings. The summed E-state index contributed by atoms with van der Waals surface area (Å²) in [6.45, 7) is 2.21. The van der Waals surface area contributed by atoms with Crippen molar-refractivity contribution in [1.29, 1.82) is 0 Å². The van der Waals surface area contributed by atoms with Crippen molar-refractivity contribution in [2.24, 2.45) is 0 Å². The van der Waals surface area contributed by atoms with Crippen molar-refractivity contribution in [3.8, 4) is 0 Å². The molecular formula is C25H30Cl2N2O2. The minimum atomic E-state index is -0.772. The van der Waals surface area contributed by atoms with Gasteiger partial charge >= 0.3 is 0 Å². The van der Waals surface area contributed by atoms with Gasteiger partial charge in [0.15, 0.2) is 0 Å². The third-order valence-corrected chi connectivity index (χ3v) is 6.49. The Bertz CT molecular complexity index is 877. The minimum absolute atomic E-state index is 0.135. The molecule has 0 aromatic heterocycles. The van der Waals surface area contributed by atoms with E-state index in [9.17, 15) is 9.59 Å². The predicted octanol–water partition coefficient (Wildman–Crippen LogP) is 5.80. The third kappa shape index (κ3) is 6.47. The summed E-state index contributed by atoms with van der Waals surface area (Å²) in [5, 5.41) is 3.78. The minimum Gasteiger partial charge on any atom is -0.351 e. The summed E-state index contributed by atoms with van der Waals surface area (Å²) in [6.07, 6.45) is 6.59. The third-order valence-electron chi connectivity index (χ3n) is 5.89. The Kier molecular flexibility index (Phi) is 8.79. The Morgan fingerprint density at radius 3 is 2.29 bits per heavy atom. The quantitative estimate of drug-likeness (QED) is 0.419. The number of hydrogen-bond donors (Lipinski definition) is 1. The van der Waals surface area contributed by atoms with Gasteiger partial charge in [0.2, 0.25) is 11.8 Å². The van der Waals surface area contributed by atoms with Gasteiger partial charge in [0, 0.05) is 17.6 Å². The van der Waals surface area contributed by atoms with Crippen molar-refractivity contribution < 1.29 is 9.59 Å². The number of amides is 2. The maximum absolute atomic E-state index is 13.6. The molecule has 2 aromatic carbocycles. The van der Waals surface area contributed by atoms with Gasteiger partial charge in [0.05, 0.1) is 0 Å².